The van der Waals surface area contributed by atoms with Crippen molar-refractivity contribution in [3.63, 3.8) is 0 Å². The number of ether oxygens (including phenoxy) is 1. The minimum absolute atomic E-state index is 0.280. The average Bonchev–Trinajstić information content (AvgIpc) is 2.62. The van der Waals surface area contributed by atoms with Gasteiger partial charge in [0.1, 0.15) is 0 Å². The summed E-state index contributed by atoms with van der Waals surface area (Å²) in [5, 5.41) is 0. The predicted octanol–water partition coefficient (Wildman–Crippen LogP) is 5.04. The molecule has 0 aromatic heterocycles. The van der Waals surface area contributed by atoms with Crippen LogP contribution in [0.25, 0.3) is 5.57 Å². The summed E-state index contributed by atoms with van der Waals surface area (Å²) in [6.45, 7) is 0.997. The summed E-state index contributed by atoms with van der Waals surface area (Å²) >= 11 is 0. The lowest BCUT2D eigenvalue weighted by Crippen LogP contribution is -2.47. The summed E-state index contributed by atoms with van der Waals surface area (Å²) in [5.41, 5.74) is 3.64. The number of halogens is 1. The molecule has 3 heteroatoms. The zero-order chi connectivity index (χ0) is 17.2. The average molecular weight is 337 g/mol. The van der Waals surface area contributed by atoms with Gasteiger partial charge in [-0.2, -0.15) is 0 Å². The number of rotatable bonds is 4. The molecule has 0 aliphatic carbocycles. The summed E-state index contributed by atoms with van der Waals surface area (Å²) in [5.74, 6) is 0.0313. The van der Waals surface area contributed by atoms with Gasteiger partial charge < -0.3 is 4.74 Å². The van der Waals surface area contributed by atoms with E-state index in [0.717, 1.165) is 18.5 Å². The third kappa shape index (κ3) is 3.34. The lowest BCUT2D eigenvalue weighted by Gasteiger charge is -2.45. The van der Waals surface area contributed by atoms with Crippen molar-refractivity contribution >= 4 is 5.57 Å². The molecular formula is C22H24FNO. The Bertz CT molecular complexity index is 771. The quantitative estimate of drug-likeness (QED) is 0.774. The Morgan fingerprint density at radius 1 is 1.12 bits per heavy atom. The Balaban J connectivity index is 1.59. The van der Waals surface area contributed by atoms with Gasteiger partial charge in [-0.25, -0.2) is 4.39 Å². The Labute approximate surface area is 148 Å². The number of benzene rings is 2. The monoisotopic (exact) mass is 337 g/mol. The van der Waals surface area contributed by atoms with Crippen molar-refractivity contribution in [2.24, 2.45) is 0 Å². The van der Waals surface area contributed by atoms with E-state index in [4.69, 9.17) is 4.74 Å². The standard InChI is InChI=1S/C22H24FNO/c1-25-22-11-10-17(14-21(22)23)18-12-19-8-5-9-20(13-18)24(19)15-16-6-3-2-4-7-16/h2-4,6-7,10-12,14,19-20H,5,8-9,13,15H2,1H3. The van der Waals surface area contributed by atoms with Gasteiger partial charge >= 0.3 is 0 Å². The molecule has 130 valence electrons. The van der Waals surface area contributed by atoms with Gasteiger partial charge in [0.15, 0.2) is 11.6 Å². The fraction of sp³-hybridized carbons (Fsp3) is 0.364. The van der Waals surface area contributed by atoms with Crippen molar-refractivity contribution in [2.75, 3.05) is 7.11 Å². The SMILES string of the molecule is COc1ccc(C2=CC3CCCC(C2)N3Cc2ccccc2)cc1F. The smallest absolute Gasteiger partial charge is 0.165 e. The molecule has 2 aliphatic rings. The topological polar surface area (TPSA) is 12.5 Å². The molecule has 2 aromatic rings. The van der Waals surface area contributed by atoms with E-state index in [1.54, 1.807) is 12.1 Å². The van der Waals surface area contributed by atoms with Gasteiger partial charge in [-0.05, 0) is 48.1 Å². The van der Waals surface area contributed by atoms with E-state index in [1.807, 2.05) is 6.07 Å². The highest BCUT2D eigenvalue weighted by Gasteiger charge is 2.34. The predicted molar refractivity (Wildman–Crippen MR) is 99.0 cm³/mol. The highest BCUT2D eigenvalue weighted by molar-refractivity contribution is 5.68. The van der Waals surface area contributed by atoms with Gasteiger partial charge in [0, 0.05) is 18.6 Å². The van der Waals surface area contributed by atoms with Gasteiger partial charge in [0.05, 0.1) is 7.11 Å². The van der Waals surface area contributed by atoms with E-state index in [9.17, 15) is 4.39 Å². The lowest BCUT2D eigenvalue weighted by molar-refractivity contribution is 0.0951. The maximum absolute atomic E-state index is 14.1. The van der Waals surface area contributed by atoms with Crippen LogP contribution in [0.5, 0.6) is 5.75 Å². The van der Waals surface area contributed by atoms with Crippen molar-refractivity contribution in [2.45, 2.75) is 44.3 Å². The number of methoxy groups -OCH3 is 1. The second kappa shape index (κ2) is 7.01. The lowest BCUT2D eigenvalue weighted by atomic mass is 9.82. The van der Waals surface area contributed by atoms with Gasteiger partial charge in [-0.1, -0.05) is 48.9 Å². The maximum Gasteiger partial charge on any atom is 0.165 e. The van der Waals surface area contributed by atoms with Gasteiger partial charge in [0.2, 0.25) is 0 Å². The first kappa shape index (κ1) is 16.3. The zero-order valence-corrected chi connectivity index (χ0v) is 14.6. The second-order valence-corrected chi connectivity index (χ2v) is 7.06. The van der Waals surface area contributed by atoms with Crippen molar-refractivity contribution in [1.82, 2.24) is 4.90 Å². The Morgan fingerprint density at radius 3 is 2.68 bits per heavy atom. The van der Waals surface area contributed by atoms with Crippen LogP contribution < -0.4 is 4.74 Å². The highest BCUT2D eigenvalue weighted by atomic mass is 19.1. The van der Waals surface area contributed by atoms with E-state index in [0.29, 0.717) is 17.8 Å². The van der Waals surface area contributed by atoms with Crippen LogP contribution in [0.15, 0.2) is 54.6 Å². The fourth-order valence-electron chi connectivity index (χ4n) is 4.24. The Morgan fingerprint density at radius 2 is 1.96 bits per heavy atom. The largest absolute Gasteiger partial charge is 0.494 e. The third-order valence-electron chi connectivity index (χ3n) is 5.51. The van der Waals surface area contributed by atoms with Crippen molar-refractivity contribution in [1.29, 1.82) is 0 Å². The molecule has 2 bridgehead atoms. The molecule has 0 amide bonds. The molecule has 1 fully saturated rings. The molecule has 2 atom stereocenters. The van der Waals surface area contributed by atoms with E-state index in [-0.39, 0.29) is 5.82 Å². The molecule has 0 N–H and O–H groups in total. The first-order valence-corrected chi connectivity index (χ1v) is 9.09. The van der Waals surface area contributed by atoms with Crippen LogP contribution in [0.4, 0.5) is 4.39 Å². The van der Waals surface area contributed by atoms with Crippen LogP contribution in [0.1, 0.15) is 36.8 Å². The summed E-state index contributed by atoms with van der Waals surface area (Å²) in [6, 6.07) is 17.0. The minimum Gasteiger partial charge on any atom is -0.494 e. The molecule has 25 heavy (non-hydrogen) atoms. The number of hydrogen-bond acceptors (Lipinski definition) is 2. The minimum atomic E-state index is -0.280. The summed E-state index contributed by atoms with van der Waals surface area (Å²) in [7, 11) is 1.50. The summed E-state index contributed by atoms with van der Waals surface area (Å²) in [4.78, 5) is 2.63. The first-order chi connectivity index (χ1) is 12.2. The Hall–Kier alpha value is -2.13. The molecule has 2 nitrogen and oxygen atoms in total. The number of fused-ring (bicyclic) bond motifs is 2. The first-order valence-electron chi connectivity index (χ1n) is 9.09. The molecule has 0 spiro atoms. The number of nitrogens with zero attached hydrogens (tertiary/aromatic N) is 1. The highest BCUT2D eigenvalue weighted by Crippen LogP contribution is 2.38. The van der Waals surface area contributed by atoms with E-state index < -0.39 is 0 Å². The van der Waals surface area contributed by atoms with E-state index in [1.165, 1.54) is 37.5 Å². The van der Waals surface area contributed by atoms with Gasteiger partial charge in [0.25, 0.3) is 0 Å². The second-order valence-electron chi connectivity index (χ2n) is 7.06. The van der Waals surface area contributed by atoms with E-state index in [2.05, 4.69) is 41.3 Å². The molecular weight excluding hydrogens is 313 g/mol. The summed E-state index contributed by atoms with van der Waals surface area (Å²) < 4.78 is 19.1. The molecule has 2 heterocycles. The van der Waals surface area contributed by atoms with Gasteiger partial charge in [-0.15, -0.1) is 0 Å². The zero-order valence-electron chi connectivity index (χ0n) is 14.6. The number of hydrogen-bond donors (Lipinski definition) is 0. The van der Waals surface area contributed by atoms with Crippen LogP contribution in [0.3, 0.4) is 0 Å². The maximum atomic E-state index is 14.1. The normalized spacial score (nSPS) is 23.2. The van der Waals surface area contributed by atoms with Crippen molar-refractivity contribution < 1.29 is 9.13 Å². The third-order valence-corrected chi connectivity index (χ3v) is 5.51. The van der Waals surface area contributed by atoms with Crippen LogP contribution >= 0.6 is 0 Å². The van der Waals surface area contributed by atoms with Crippen LogP contribution in [0.2, 0.25) is 0 Å². The molecule has 1 saturated heterocycles. The van der Waals surface area contributed by atoms with Crippen molar-refractivity contribution in [3.05, 3.63) is 71.6 Å². The fourth-order valence-corrected chi connectivity index (χ4v) is 4.24. The molecule has 0 radical (unpaired) electrons. The Kier molecular flexibility index (Phi) is 4.58. The van der Waals surface area contributed by atoms with Crippen LogP contribution in [-0.4, -0.2) is 24.1 Å². The van der Waals surface area contributed by atoms with Gasteiger partial charge in [-0.3, -0.25) is 4.90 Å². The molecule has 2 aromatic carbocycles. The molecule has 2 aliphatic heterocycles. The van der Waals surface area contributed by atoms with E-state index >= 15 is 0 Å². The summed E-state index contributed by atoms with van der Waals surface area (Å²) in [6.07, 6.45) is 7.04. The van der Waals surface area contributed by atoms with Crippen LogP contribution in [0, 0.1) is 5.82 Å². The van der Waals surface area contributed by atoms with Crippen LogP contribution in [-0.2, 0) is 6.54 Å². The molecule has 4 rings (SSSR count). The molecule has 2 unspecified atom stereocenters. The molecule has 0 saturated carbocycles. The van der Waals surface area contributed by atoms with Crippen molar-refractivity contribution in [3.8, 4) is 5.75 Å². The number of piperidine rings is 1.